The van der Waals surface area contributed by atoms with Crippen molar-refractivity contribution in [3.63, 3.8) is 0 Å². The third kappa shape index (κ3) is 3.77. The summed E-state index contributed by atoms with van der Waals surface area (Å²) in [6.07, 6.45) is 4.67. The number of hydrogen-bond acceptors (Lipinski definition) is 4. The first-order chi connectivity index (χ1) is 8.69. The third-order valence-electron chi connectivity index (χ3n) is 3.94. The van der Waals surface area contributed by atoms with Gasteiger partial charge in [-0.2, -0.15) is 0 Å². The summed E-state index contributed by atoms with van der Waals surface area (Å²) in [5.41, 5.74) is 0. The van der Waals surface area contributed by atoms with Crippen LogP contribution in [0.15, 0.2) is 6.20 Å². The van der Waals surface area contributed by atoms with Crippen LogP contribution in [0.3, 0.4) is 0 Å². The van der Waals surface area contributed by atoms with Crippen LogP contribution < -0.4 is 5.32 Å². The molecule has 0 radical (unpaired) electrons. The summed E-state index contributed by atoms with van der Waals surface area (Å²) in [5.74, 6) is 0.791. The van der Waals surface area contributed by atoms with Crippen molar-refractivity contribution in [2.75, 3.05) is 19.6 Å². The molecule has 1 aliphatic heterocycles. The Morgan fingerprint density at radius 2 is 2.44 bits per heavy atom. The summed E-state index contributed by atoms with van der Waals surface area (Å²) in [5, 5.41) is 4.86. The summed E-state index contributed by atoms with van der Waals surface area (Å²) < 4.78 is 0. The second-order valence-electron chi connectivity index (χ2n) is 5.33. The van der Waals surface area contributed by atoms with Crippen LogP contribution in [0.4, 0.5) is 0 Å². The molecule has 0 aromatic carbocycles. The Morgan fingerprint density at radius 1 is 1.61 bits per heavy atom. The number of nitrogens with zero attached hydrogens (tertiary/aromatic N) is 2. The summed E-state index contributed by atoms with van der Waals surface area (Å²) in [7, 11) is 0. The van der Waals surface area contributed by atoms with E-state index in [0.29, 0.717) is 6.04 Å². The molecule has 1 fully saturated rings. The molecule has 2 atom stereocenters. The van der Waals surface area contributed by atoms with Crippen molar-refractivity contribution in [3.8, 4) is 0 Å². The predicted molar refractivity (Wildman–Crippen MR) is 78.0 cm³/mol. The molecule has 4 heteroatoms. The molecular formula is C14H25N3S. The first kappa shape index (κ1) is 14.0. The highest BCUT2D eigenvalue weighted by atomic mass is 32.1. The van der Waals surface area contributed by atoms with Crippen molar-refractivity contribution in [1.82, 2.24) is 15.2 Å². The molecule has 2 heterocycles. The quantitative estimate of drug-likeness (QED) is 0.889. The Hall–Kier alpha value is -0.450. The molecule has 2 rings (SSSR count). The maximum absolute atomic E-state index is 4.41. The van der Waals surface area contributed by atoms with E-state index in [1.54, 1.807) is 11.3 Å². The van der Waals surface area contributed by atoms with Crippen LogP contribution in [0.25, 0.3) is 0 Å². The molecule has 0 aliphatic carbocycles. The number of piperidine rings is 1. The van der Waals surface area contributed by atoms with Crippen molar-refractivity contribution < 1.29 is 0 Å². The van der Waals surface area contributed by atoms with E-state index < -0.39 is 0 Å². The van der Waals surface area contributed by atoms with Gasteiger partial charge in [-0.25, -0.2) is 4.98 Å². The van der Waals surface area contributed by atoms with Gasteiger partial charge in [-0.05, 0) is 45.7 Å². The van der Waals surface area contributed by atoms with Gasteiger partial charge in [-0.3, -0.25) is 0 Å². The number of rotatable bonds is 5. The molecule has 102 valence electrons. The molecule has 0 bridgehead atoms. The predicted octanol–water partition coefficient (Wildman–Crippen LogP) is 2.66. The van der Waals surface area contributed by atoms with E-state index in [4.69, 9.17) is 0 Å². The molecule has 1 saturated heterocycles. The fourth-order valence-corrected chi connectivity index (χ4v) is 3.42. The largest absolute Gasteiger partial charge is 0.308 e. The van der Waals surface area contributed by atoms with Crippen LogP contribution in [0.5, 0.6) is 0 Å². The first-order valence-electron chi connectivity index (χ1n) is 7.06. The average Bonchev–Trinajstić information content (AvgIpc) is 2.82. The van der Waals surface area contributed by atoms with Crippen molar-refractivity contribution in [2.24, 2.45) is 5.92 Å². The number of thiazole rings is 1. The molecular weight excluding hydrogens is 242 g/mol. The second kappa shape index (κ2) is 6.64. The minimum Gasteiger partial charge on any atom is -0.308 e. The molecule has 1 aromatic heterocycles. The average molecular weight is 267 g/mol. The lowest BCUT2D eigenvalue weighted by Gasteiger charge is -2.35. The molecule has 3 nitrogen and oxygen atoms in total. The van der Waals surface area contributed by atoms with Crippen LogP contribution >= 0.6 is 11.3 Å². The lowest BCUT2D eigenvalue weighted by molar-refractivity contribution is 0.157. The van der Waals surface area contributed by atoms with Gasteiger partial charge >= 0.3 is 0 Å². The van der Waals surface area contributed by atoms with Gasteiger partial charge < -0.3 is 10.2 Å². The van der Waals surface area contributed by atoms with E-state index >= 15 is 0 Å². The number of aromatic nitrogens is 1. The molecule has 1 aliphatic rings. The summed E-state index contributed by atoms with van der Waals surface area (Å²) in [4.78, 5) is 8.28. The summed E-state index contributed by atoms with van der Waals surface area (Å²) >= 11 is 1.80. The van der Waals surface area contributed by atoms with Crippen LogP contribution in [0.2, 0.25) is 0 Å². The summed E-state index contributed by atoms with van der Waals surface area (Å²) in [6.45, 7) is 11.3. The molecule has 0 spiro atoms. The number of likely N-dealkylation sites (tertiary alicyclic amines) is 1. The zero-order valence-electron chi connectivity index (χ0n) is 11.8. The van der Waals surface area contributed by atoms with Gasteiger partial charge in [-0.1, -0.05) is 6.92 Å². The molecule has 18 heavy (non-hydrogen) atoms. The van der Waals surface area contributed by atoms with Crippen molar-refractivity contribution in [3.05, 3.63) is 16.1 Å². The Morgan fingerprint density at radius 3 is 3.11 bits per heavy atom. The van der Waals surface area contributed by atoms with Gasteiger partial charge in [0.1, 0.15) is 5.01 Å². The number of aryl methyl sites for hydroxylation is 1. The van der Waals surface area contributed by atoms with Gasteiger partial charge in [0.2, 0.25) is 0 Å². The van der Waals surface area contributed by atoms with E-state index in [0.717, 1.165) is 12.5 Å². The second-order valence-corrected chi connectivity index (χ2v) is 6.65. The monoisotopic (exact) mass is 267 g/mol. The highest BCUT2D eigenvalue weighted by molar-refractivity contribution is 7.11. The minimum atomic E-state index is 0.587. The van der Waals surface area contributed by atoms with Crippen LogP contribution in [-0.4, -0.2) is 35.6 Å². The standard InChI is InChI=1S/C14H25N3S/c1-4-17-7-5-6-13(10-17)12(3)15-9-14-16-8-11(2)18-14/h8,12-13,15H,4-7,9-10H2,1-3H3. The van der Waals surface area contributed by atoms with Gasteiger partial charge in [0.15, 0.2) is 0 Å². The highest BCUT2D eigenvalue weighted by Crippen LogP contribution is 2.20. The first-order valence-corrected chi connectivity index (χ1v) is 7.87. The van der Waals surface area contributed by atoms with Crippen molar-refractivity contribution >= 4 is 11.3 Å². The van der Waals surface area contributed by atoms with Crippen molar-refractivity contribution in [2.45, 2.75) is 46.2 Å². The lowest BCUT2D eigenvalue weighted by Crippen LogP contribution is -2.44. The zero-order valence-corrected chi connectivity index (χ0v) is 12.6. The van der Waals surface area contributed by atoms with Crippen LogP contribution in [-0.2, 0) is 6.54 Å². The van der Waals surface area contributed by atoms with Crippen molar-refractivity contribution in [1.29, 1.82) is 0 Å². The normalized spacial score (nSPS) is 23.2. The molecule has 1 aromatic rings. The van der Waals surface area contributed by atoms with Gasteiger partial charge in [-0.15, -0.1) is 11.3 Å². The number of nitrogens with one attached hydrogen (secondary N) is 1. The Kier molecular flexibility index (Phi) is 5.15. The summed E-state index contributed by atoms with van der Waals surface area (Å²) in [6, 6.07) is 0.587. The molecule has 2 unspecified atom stereocenters. The SMILES string of the molecule is CCN1CCCC(C(C)NCc2ncc(C)s2)C1. The zero-order chi connectivity index (χ0) is 13.0. The van der Waals surface area contributed by atoms with E-state index in [-0.39, 0.29) is 0 Å². The molecule has 1 N–H and O–H groups in total. The minimum absolute atomic E-state index is 0.587. The highest BCUT2D eigenvalue weighted by Gasteiger charge is 2.23. The van der Waals surface area contributed by atoms with E-state index in [1.807, 2.05) is 6.20 Å². The van der Waals surface area contributed by atoms with E-state index in [2.05, 4.69) is 36.0 Å². The smallest absolute Gasteiger partial charge is 0.107 e. The number of hydrogen-bond donors (Lipinski definition) is 1. The molecule has 0 saturated carbocycles. The van der Waals surface area contributed by atoms with E-state index in [1.165, 1.54) is 42.4 Å². The maximum Gasteiger partial charge on any atom is 0.107 e. The topological polar surface area (TPSA) is 28.2 Å². The Bertz CT molecular complexity index is 364. The van der Waals surface area contributed by atoms with Gasteiger partial charge in [0.05, 0.1) is 0 Å². The Balaban J connectivity index is 1.78. The van der Waals surface area contributed by atoms with Gasteiger partial charge in [0, 0.05) is 30.2 Å². The molecule has 0 amide bonds. The van der Waals surface area contributed by atoms with E-state index in [9.17, 15) is 0 Å². The maximum atomic E-state index is 4.41. The fraction of sp³-hybridized carbons (Fsp3) is 0.786. The lowest BCUT2D eigenvalue weighted by atomic mass is 9.91. The Labute approximate surface area is 115 Å². The van der Waals surface area contributed by atoms with Gasteiger partial charge in [0.25, 0.3) is 0 Å². The van der Waals surface area contributed by atoms with Crippen LogP contribution in [0, 0.1) is 12.8 Å². The third-order valence-corrected chi connectivity index (χ3v) is 4.85. The van der Waals surface area contributed by atoms with Crippen LogP contribution in [0.1, 0.15) is 36.6 Å². The fourth-order valence-electron chi connectivity index (χ4n) is 2.68.